The van der Waals surface area contributed by atoms with Crippen molar-refractivity contribution in [3.8, 4) is 0 Å². The predicted octanol–water partition coefficient (Wildman–Crippen LogP) is 3.21. The quantitative estimate of drug-likeness (QED) is 0.818. The Morgan fingerprint density at radius 3 is 1.96 bits per heavy atom. The number of amides is 1. The third-order valence-electron chi connectivity index (χ3n) is 7.14. The lowest BCUT2D eigenvalue weighted by molar-refractivity contribution is -0.138. The smallest absolute Gasteiger partial charge is 0.303 e. The Kier molecular flexibility index (Phi) is 4.10. The van der Waals surface area contributed by atoms with Crippen LogP contribution in [-0.2, 0) is 9.59 Å². The van der Waals surface area contributed by atoms with Crippen molar-refractivity contribution in [2.45, 2.75) is 70.3 Å². The van der Waals surface area contributed by atoms with Gasteiger partial charge in [0.25, 0.3) is 0 Å². The highest BCUT2D eigenvalue weighted by atomic mass is 16.4. The lowest BCUT2D eigenvalue weighted by Crippen LogP contribution is -2.55. The molecule has 0 aromatic carbocycles. The molecule has 5 aliphatic carbocycles. The second kappa shape index (κ2) is 6.10. The van der Waals surface area contributed by atoms with Gasteiger partial charge in [-0.05, 0) is 86.9 Å². The molecular weight excluding hydrogens is 290 g/mol. The van der Waals surface area contributed by atoms with Crippen molar-refractivity contribution in [2.75, 3.05) is 0 Å². The molecule has 0 heterocycles. The molecule has 23 heavy (non-hydrogen) atoms. The Morgan fingerprint density at radius 2 is 1.39 bits per heavy atom. The summed E-state index contributed by atoms with van der Waals surface area (Å²) in [5.74, 6) is 3.56. The van der Waals surface area contributed by atoms with Crippen LogP contribution in [0.2, 0.25) is 0 Å². The maximum absolute atomic E-state index is 12.5. The zero-order valence-corrected chi connectivity index (χ0v) is 13.9. The van der Waals surface area contributed by atoms with Gasteiger partial charge in [0, 0.05) is 18.9 Å². The van der Waals surface area contributed by atoms with Gasteiger partial charge in [-0.2, -0.15) is 0 Å². The van der Waals surface area contributed by atoms with Gasteiger partial charge in [-0.15, -0.1) is 0 Å². The summed E-state index contributed by atoms with van der Waals surface area (Å²) in [6.07, 6.45) is 10.6. The second-order valence-electron chi connectivity index (χ2n) is 8.87. The molecule has 2 N–H and O–H groups in total. The Bertz CT molecular complexity index is 461. The maximum Gasteiger partial charge on any atom is 0.303 e. The first kappa shape index (κ1) is 15.5. The summed E-state index contributed by atoms with van der Waals surface area (Å²) in [7, 11) is 0. The fourth-order valence-electron chi connectivity index (χ4n) is 6.46. The number of hydrogen-bond donors (Lipinski definition) is 2. The van der Waals surface area contributed by atoms with E-state index in [1.54, 1.807) is 0 Å². The molecule has 0 spiro atoms. The highest BCUT2D eigenvalue weighted by Gasteiger charge is 2.48. The monoisotopic (exact) mass is 319 g/mol. The third kappa shape index (κ3) is 3.27. The van der Waals surface area contributed by atoms with Crippen molar-refractivity contribution in [1.82, 2.24) is 5.32 Å². The number of carbonyl (C=O) groups is 2. The molecule has 0 radical (unpaired) electrons. The minimum absolute atomic E-state index is 0.225. The van der Waals surface area contributed by atoms with Crippen LogP contribution in [0.5, 0.6) is 0 Å². The van der Waals surface area contributed by atoms with E-state index in [0.29, 0.717) is 18.4 Å². The molecule has 4 bridgehead atoms. The van der Waals surface area contributed by atoms with Gasteiger partial charge in [0.2, 0.25) is 5.91 Å². The largest absolute Gasteiger partial charge is 0.481 e. The standard InChI is InChI=1S/C19H29NO3/c21-17(9-11-1-2-12(3-11)10-18(22)23)20-19-15-5-13-4-14(7-15)8-16(19)6-13/h11-16,19H,1-10H2,(H,20,21)(H,22,23). The van der Waals surface area contributed by atoms with E-state index >= 15 is 0 Å². The number of nitrogens with one attached hydrogen (secondary N) is 1. The Labute approximate surface area is 138 Å². The number of aliphatic carboxylic acids is 1. The van der Waals surface area contributed by atoms with Crippen LogP contribution in [0.3, 0.4) is 0 Å². The van der Waals surface area contributed by atoms with Crippen molar-refractivity contribution >= 4 is 11.9 Å². The van der Waals surface area contributed by atoms with Gasteiger partial charge in [0.15, 0.2) is 0 Å². The van der Waals surface area contributed by atoms with E-state index < -0.39 is 5.97 Å². The Hall–Kier alpha value is -1.06. The summed E-state index contributed by atoms with van der Waals surface area (Å²) in [6.45, 7) is 0. The van der Waals surface area contributed by atoms with Crippen molar-refractivity contribution < 1.29 is 14.7 Å². The summed E-state index contributed by atoms with van der Waals surface area (Å²) in [6, 6.07) is 0.437. The molecule has 5 aliphatic rings. The Balaban J connectivity index is 1.27. The molecule has 128 valence electrons. The molecule has 2 unspecified atom stereocenters. The molecule has 1 amide bonds. The van der Waals surface area contributed by atoms with Crippen LogP contribution in [-0.4, -0.2) is 23.0 Å². The zero-order chi connectivity index (χ0) is 16.0. The average molecular weight is 319 g/mol. The van der Waals surface area contributed by atoms with Crippen LogP contribution in [0.4, 0.5) is 0 Å². The van der Waals surface area contributed by atoms with Crippen molar-refractivity contribution in [2.24, 2.45) is 35.5 Å². The second-order valence-corrected chi connectivity index (χ2v) is 8.87. The molecule has 0 saturated heterocycles. The lowest BCUT2D eigenvalue weighted by atomic mass is 9.54. The predicted molar refractivity (Wildman–Crippen MR) is 86.7 cm³/mol. The molecule has 2 atom stereocenters. The first-order valence-electron chi connectivity index (χ1n) is 9.58. The van der Waals surface area contributed by atoms with E-state index in [9.17, 15) is 9.59 Å². The molecule has 4 nitrogen and oxygen atoms in total. The van der Waals surface area contributed by atoms with Crippen molar-refractivity contribution in [1.29, 1.82) is 0 Å². The number of rotatable bonds is 5. The minimum Gasteiger partial charge on any atom is -0.481 e. The van der Waals surface area contributed by atoms with Crippen LogP contribution in [0.25, 0.3) is 0 Å². The summed E-state index contributed by atoms with van der Waals surface area (Å²) in [4.78, 5) is 23.3. The van der Waals surface area contributed by atoms with Crippen LogP contribution >= 0.6 is 0 Å². The van der Waals surface area contributed by atoms with Crippen LogP contribution in [0.1, 0.15) is 64.2 Å². The van der Waals surface area contributed by atoms with E-state index in [1.807, 2.05) is 0 Å². The molecule has 0 aromatic heterocycles. The number of hydrogen-bond acceptors (Lipinski definition) is 2. The molecule has 5 rings (SSSR count). The fraction of sp³-hybridized carbons (Fsp3) is 0.895. The normalized spacial score (nSPS) is 44.4. The average Bonchev–Trinajstić information content (AvgIpc) is 2.88. The van der Waals surface area contributed by atoms with Gasteiger partial charge in [0.1, 0.15) is 0 Å². The fourth-order valence-corrected chi connectivity index (χ4v) is 6.46. The SMILES string of the molecule is O=C(O)CC1CCC(CC(=O)NC2C3CC4CC(C3)CC2C4)C1. The van der Waals surface area contributed by atoms with Crippen LogP contribution in [0.15, 0.2) is 0 Å². The number of carboxylic acids is 1. The van der Waals surface area contributed by atoms with Gasteiger partial charge in [0.05, 0.1) is 0 Å². The maximum atomic E-state index is 12.5. The third-order valence-corrected chi connectivity index (χ3v) is 7.14. The zero-order valence-electron chi connectivity index (χ0n) is 13.9. The summed E-state index contributed by atoms with van der Waals surface area (Å²) in [5, 5.41) is 12.3. The number of carboxylic acid groups (broad SMARTS) is 1. The highest BCUT2D eigenvalue weighted by Crippen LogP contribution is 2.53. The first-order valence-corrected chi connectivity index (χ1v) is 9.58. The Morgan fingerprint density at radius 1 is 0.826 bits per heavy atom. The summed E-state index contributed by atoms with van der Waals surface area (Å²) in [5.41, 5.74) is 0. The molecule has 5 saturated carbocycles. The van der Waals surface area contributed by atoms with Gasteiger partial charge in [-0.25, -0.2) is 0 Å². The van der Waals surface area contributed by atoms with Crippen LogP contribution < -0.4 is 5.32 Å². The van der Waals surface area contributed by atoms with E-state index in [2.05, 4.69) is 5.32 Å². The molecular formula is C19H29NO3. The molecule has 4 heteroatoms. The lowest BCUT2D eigenvalue weighted by Gasteiger charge is -2.54. The minimum atomic E-state index is -0.700. The van der Waals surface area contributed by atoms with Crippen molar-refractivity contribution in [3.05, 3.63) is 0 Å². The summed E-state index contributed by atoms with van der Waals surface area (Å²) < 4.78 is 0. The molecule has 0 aliphatic heterocycles. The number of carbonyl (C=O) groups excluding carboxylic acids is 1. The van der Waals surface area contributed by atoms with Gasteiger partial charge < -0.3 is 10.4 Å². The van der Waals surface area contributed by atoms with Gasteiger partial charge in [-0.3, -0.25) is 9.59 Å². The highest BCUT2D eigenvalue weighted by molar-refractivity contribution is 5.76. The van der Waals surface area contributed by atoms with E-state index in [4.69, 9.17) is 5.11 Å². The van der Waals surface area contributed by atoms with E-state index in [-0.39, 0.29) is 18.2 Å². The van der Waals surface area contributed by atoms with E-state index in [0.717, 1.165) is 42.9 Å². The molecule has 5 fully saturated rings. The van der Waals surface area contributed by atoms with E-state index in [1.165, 1.54) is 32.1 Å². The summed E-state index contributed by atoms with van der Waals surface area (Å²) >= 11 is 0. The van der Waals surface area contributed by atoms with Gasteiger partial charge in [-0.1, -0.05) is 0 Å². The molecule has 0 aromatic rings. The first-order chi connectivity index (χ1) is 11.1. The topological polar surface area (TPSA) is 66.4 Å². The van der Waals surface area contributed by atoms with Crippen LogP contribution in [0, 0.1) is 35.5 Å². The van der Waals surface area contributed by atoms with Crippen molar-refractivity contribution in [3.63, 3.8) is 0 Å². The van der Waals surface area contributed by atoms with Gasteiger partial charge >= 0.3 is 5.97 Å².